The van der Waals surface area contributed by atoms with Gasteiger partial charge < -0.3 is 14.2 Å². The minimum Gasteiger partial charge on any atom is -0.497 e. The molecule has 0 aliphatic rings. The Balaban J connectivity index is 3.20. The summed E-state index contributed by atoms with van der Waals surface area (Å²) < 4.78 is 15.1. The second kappa shape index (κ2) is 7.07. The van der Waals surface area contributed by atoms with Gasteiger partial charge in [-0.2, -0.15) is 5.26 Å². The fourth-order valence-corrected chi connectivity index (χ4v) is 1.45. The molecule has 1 rings (SSSR count). The molecule has 0 radical (unpaired) electrons. The molecule has 5 heteroatoms. The number of hydrogen-bond donors (Lipinski definition) is 0. The Hall–Kier alpha value is -2.48. The summed E-state index contributed by atoms with van der Waals surface area (Å²) in [6.45, 7) is 1.89. The lowest BCUT2D eigenvalue weighted by Gasteiger charge is -2.07. The lowest BCUT2D eigenvalue weighted by Crippen LogP contribution is -2.06. The number of carbonyl (C=O) groups excluding carboxylic acids is 1. The van der Waals surface area contributed by atoms with Crippen molar-refractivity contribution in [1.82, 2.24) is 0 Å². The van der Waals surface area contributed by atoms with Crippen molar-refractivity contribution in [2.75, 3.05) is 20.8 Å². The van der Waals surface area contributed by atoms with Gasteiger partial charge in [-0.1, -0.05) is 0 Å². The van der Waals surface area contributed by atoms with Crippen molar-refractivity contribution >= 4 is 12.0 Å². The Morgan fingerprint density at radius 3 is 2.63 bits per heavy atom. The first kappa shape index (κ1) is 14.6. The molecule has 0 aliphatic carbocycles. The van der Waals surface area contributed by atoms with Crippen LogP contribution in [0.25, 0.3) is 6.08 Å². The van der Waals surface area contributed by atoms with Gasteiger partial charge in [0, 0.05) is 5.56 Å². The highest BCUT2D eigenvalue weighted by atomic mass is 16.5. The number of ether oxygens (including phenoxy) is 3. The van der Waals surface area contributed by atoms with Crippen LogP contribution in [0, 0.1) is 11.3 Å². The SMILES string of the molecule is CCOC(=O)/C(C#N)=C/c1cc(OC)ccc1OC. The average molecular weight is 261 g/mol. The zero-order chi connectivity index (χ0) is 14.3. The van der Waals surface area contributed by atoms with E-state index in [9.17, 15) is 4.79 Å². The summed E-state index contributed by atoms with van der Waals surface area (Å²) in [5.74, 6) is 0.487. The van der Waals surface area contributed by atoms with E-state index in [4.69, 9.17) is 19.5 Å². The van der Waals surface area contributed by atoms with Gasteiger partial charge in [-0.05, 0) is 31.2 Å². The molecule has 0 saturated carbocycles. The van der Waals surface area contributed by atoms with Crippen molar-refractivity contribution < 1.29 is 19.0 Å². The van der Waals surface area contributed by atoms with Gasteiger partial charge in [-0.25, -0.2) is 4.79 Å². The number of nitrogens with zero attached hydrogens (tertiary/aromatic N) is 1. The highest BCUT2D eigenvalue weighted by Crippen LogP contribution is 2.26. The van der Waals surface area contributed by atoms with Gasteiger partial charge in [0.05, 0.1) is 20.8 Å². The van der Waals surface area contributed by atoms with Gasteiger partial charge in [0.2, 0.25) is 0 Å². The van der Waals surface area contributed by atoms with Crippen molar-refractivity contribution in [1.29, 1.82) is 5.26 Å². The maximum absolute atomic E-state index is 11.5. The molecule has 0 amide bonds. The van der Waals surface area contributed by atoms with Crippen molar-refractivity contribution in [2.45, 2.75) is 6.92 Å². The first-order valence-corrected chi connectivity index (χ1v) is 5.67. The van der Waals surface area contributed by atoms with Gasteiger partial charge in [0.25, 0.3) is 0 Å². The summed E-state index contributed by atoms with van der Waals surface area (Å²) in [4.78, 5) is 11.5. The molecule has 0 N–H and O–H groups in total. The lowest BCUT2D eigenvalue weighted by atomic mass is 10.1. The first-order valence-electron chi connectivity index (χ1n) is 5.67. The number of methoxy groups -OCH3 is 2. The second-order valence-corrected chi connectivity index (χ2v) is 3.50. The van der Waals surface area contributed by atoms with Crippen LogP contribution in [0.1, 0.15) is 12.5 Å². The predicted octanol–water partition coefficient (Wildman–Crippen LogP) is 2.17. The third-order valence-electron chi connectivity index (χ3n) is 2.35. The Kier molecular flexibility index (Phi) is 5.42. The summed E-state index contributed by atoms with van der Waals surface area (Å²) in [6.07, 6.45) is 1.42. The Morgan fingerprint density at radius 1 is 1.37 bits per heavy atom. The molecule has 0 unspecified atom stereocenters. The quantitative estimate of drug-likeness (QED) is 0.461. The van der Waals surface area contributed by atoms with E-state index in [0.29, 0.717) is 17.1 Å². The molecule has 0 heterocycles. The molecule has 0 bridgehead atoms. The molecule has 5 nitrogen and oxygen atoms in total. The Morgan fingerprint density at radius 2 is 2.11 bits per heavy atom. The first-order chi connectivity index (χ1) is 9.15. The van der Waals surface area contributed by atoms with E-state index >= 15 is 0 Å². The van der Waals surface area contributed by atoms with Gasteiger partial charge in [-0.3, -0.25) is 0 Å². The molecule has 0 spiro atoms. The van der Waals surface area contributed by atoms with Crippen LogP contribution in [0.3, 0.4) is 0 Å². The van der Waals surface area contributed by atoms with Crippen molar-refractivity contribution in [2.24, 2.45) is 0 Å². The van der Waals surface area contributed by atoms with Crippen LogP contribution < -0.4 is 9.47 Å². The molecule has 0 aromatic heterocycles. The molecule has 0 fully saturated rings. The van der Waals surface area contributed by atoms with E-state index in [1.165, 1.54) is 20.3 Å². The van der Waals surface area contributed by atoms with E-state index in [1.54, 1.807) is 25.1 Å². The van der Waals surface area contributed by atoms with E-state index < -0.39 is 5.97 Å². The van der Waals surface area contributed by atoms with E-state index in [2.05, 4.69) is 0 Å². The summed E-state index contributed by atoms with van der Waals surface area (Å²) >= 11 is 0. The van der Waals surface area contributed by atoms with Crippen LogP contribution in [0.5, 0.6) is 11.5 Å². The number of hydrogen-bond acceptors (Lipinski definition) is 5. The molecular formula is C14H15NO4. The molecule has 1 aromatic carbocycles. The van der Waals surface area contributed by atoms with Crippen LogP contribution in [-0.4, -0.2) is 26.8 Å². The second-order valence-electron chi connectivity index (χ2n) is 3.50. The third kappa shape index (κ3) is 3.75. The fourth-order valence-electron chi connectivity index (χ4n) is 1.45. The highest BCUT2D eigenvalue weighted by molar-refractivity contribution is 5.98. The molecular weight excluding hydrogens is 246 g/mol. The summed E-state index contributed by atoms with van der Waals surface area (Å²) in [6, 6.07) is 6.92. The topological polar surface area (TPSA) is 68.6 Å². The van der Waals surface area contributed by atoms with Crippen LogP contribution in [0.4, 0.5) is 0 Å². The molecule has 1 aromatic rings. The van der Waals surface area contributed by atoms with Crippen molar-refractivity contribution in [3.05, 3.63) is 29.3 Å². The lowest BCUT2D eigenvalue weighted by molar-refractivity contribution is -0.137. The van der Waals surface area contributed by atoms with Crippen molar-refractivity contribution in [3.63, 3.8) is 0 Å². The zero-order valence-corrected chi connectivity index (χ0v) is 11.1. The van der Waals surface area contributed by atoms with Crippen molar-refractivity contribution in [3.8, 4) is 17.6 Å². The normalized spacial score (nSPS) is 10.5. The van der Waals surface area contributed by atoms with Gasteiger partial charge >= 0.3 is 5.97 Å². The largest absolute Gasteiger partial charge is 0.497 e. The minimum absolute atomic E-state index is 0.0894. The number of esters is 1. The third-order valence-corrected chi connectivity index (χ3v) is 2.35. The standard InChI is InChI=1S/C14H15NO4/c1-4-19-14(16)11(9-15)7-10-8-12(17-2)5-6-13(10)18-3/h5-8H,4H2,1-3H3/b11-7+. The average Bonchev–Trinajstić information content (AvgIpc) is 2.44. The summed E-state index contributed by atoms with van der Waals surface area (Å²) in [7, 11) is 3.04. The molecule has 0 atom stereocenters. The Bertz CT molecular complexity index is 529. The smallest absolute Gasteiger partial charge is 0.348 e. The van der Waals surface area contributed by atoms with Crippen LogP contribution in [0.2, 0.25) is 0 Å². The maximum Gasteiger partial charge on any atom is 0.348 e. The number of carbonyl (C=O) groups is 1. The number of rotatable bonds is 5. The maximum atomic E-state index is 11.5. The molecule has 0 aliphatic heterocycles. The van der Waals surface area contributed by atoms with Crippen LogP contribution >= 0.6 is 0 Å². The van der Waals surface area contributed by atoms with E-state index in [0.717, 1.165) is 0 Å². The fraction of sp³-hybridized carbons (Fsp3) is 0.286. The van der Waals surface area contributed by atoms with Gasteiger partial charge in [-0.15, -0.1) is 0 Å². The van der Waals surface area contributed by atoms with Gasteiger partial charge in [0.1, 0.15) is 23.1 Å². The number of nitriles is 1. The monoisotopic (exact) mass is 261 g/mol. The zero-order valence-electron chi connectivity index (χ0n) is 11.1. The van der Waals surface area contributed by atoms with Crippen LogP contribution in [-0.2, 0) is 9.53 Å². The van der Waals surface area contributed by atoms with Crippen LogP contribution in [0.15, 0.2) is 23.8 Å². The number of benzene rings is 1. The molecule has 19 heavy (non-hydrogen) atoms. The molecule has 100 valence electrons. The minimum atomic E-state index is -0.658. The van der Waals surface area contributed by atoms with Gasteiger partial charge in [0.15, 0.2) is 0 Å². The summed E-state index contributed by atoms with van der Waals surface area (Å²) in [5, 5.41) is 8.98. The molecule has 0 saturated heterocycles. The highest BCUT2D eigenvalue weighted by Gasteiger charge is 2.12. The predicted molar refractivity (Wildman–Crippen MR) is 69.8 cm³/mol. The van der Waals surface area contributed by atoms with E-state index in [1.807, 2.05) is 6.07 Å². The van der Waals surface area contributed by atoms with E-state index in [-0.39, 0.29) is 12.2 Å². The summed E-state index contributed by atoms with van der Waals surface area (Å²) in [5.41, 5.74) is 0.486. The Labute approximate surface area is 112 Å².